The van der Waals surface area contributed by atoms with Gasteiger partial charge in [-0.25, -0.2) is 10.4 Å². The van der Waals surface area contributed by atoms with Crippen molar-refractivity contribution in [2.24, 2.45) is 5.84 Å². The van der Waals surface area contributed by atoms with E-state index in [-0.39, 0.29) is 6.04 Å². The minimum absolute atomic E-state index is 0.135. The first-order chi connectivity index (χ1) is 8.67. The van der Waals surface area contributed by atoms with Crippen molar-refractivity contribution in [3.05, 3.63) is 41.4 Å². The normalized spacial score (nSPS) is 12.9. The molecule has 2 aromatic rings. The molecule has 0 radical (unpaired) electrons. The summed E-state index contributed by atoms with van der Waals surface area (Å²) < 4.78 is 7.68. The van der Waals surface area contributed by atoms with Gasteiger partial charge < -0.3 is 8.98 Å². The zero-order chi connectivity index (χ0) is 13.1. The first-order valence-corrected chi connectivity index (χ1v) is 6.21. The van der Waals surface area contributed by atoms with Crippen LogP contribution in [0.2, 0.25) is 0 Å². The molecule has 1 unspecified atom stereocenters. The van der Waals surface area contributed by atoms with E-state index < -0.39 is 0 Å². The molecule has 0 bridgehead atoms. The van der Waals surface area contributed by atoms with Crippen LogP contribution in [0.15, 0.2) is 22.9 Å². The predicted octanol–water partition coefficient (Wildman–Crippen LogP) is 2.06. The Kier molecular flexibility index (Phi) is 3.84. The molecule has 5 heteroatoms. The fourth-order valence-electron chi connectivity index (χ4n) is 2.25. The first kappa shape index (κ1) is 12.9. The largest absolute Gasteiger partial charge is 0.466 e. The molecule has 0 spiro atoms. The van der Waals surface area contributed by atoms with Crippen LogP contribution in [-0.2, 0) is 6.54 Å². The summed E-state index contributed by atoms with van der Waals surface area (Å²) in [6, 6.07) is 1.87. The second kappa shape index (κ2) is 5.37. The number of nitrogens with one attached hydrogen (secondary N) is 1. The summed E-state index contributed by atoms with van der Waals surface area (Å²) in [5.74, 6) is 8.38. The Hall–Kier alpha value is -1.59. The van der Waals surface area contributed by atoms with E-state index in [9.17, 15) is 0 Å². The lowest BCUT2D eigenvalue weighted by atomic mass is 10.1. The van der Waals surface area contributed by atoms with Crippen LogP contribution >= 0.6 is 0 Å². The summed E-state index contributed by atoms with van der Waals surface area (Å²) in [6.07, 6.45) is 4.84. The number of hydrogen-bond acceptors (Lipinski definition) is 4. The van der Waals surface area contributed by atoms with Gasteiger partial charge in [-0.1, -0.05) is 6.92 Å². The second-order valence-electron chi connectivity index (χ2n) is 4.45. The van der Waals surface area contributed by atoms with Crippen LogP contribution in [0.4, 0.5) is 0 Å². The van der Waals surface area contributed by atoms with Crippen molar-refractivity contribution in [3.8, 4) is 0 Å². The number of aryl methyl sites for hydroxylation is 3. The molecule has 0 amide bonds. The molecule has 98 valence electrons. The molecule has 0 saturated heterocycles. The van der Waals surface area contributed by atoms with E-state index in [1.807, 2.05) is 26.1 Å². The highest BCUT2D eigenvalue weighted by Crippen LogP contribution is 2.26. The van der Waals surface area contributed by atoms with Crippen LogP contribution in [0.1, 0.15) is 42.3 Å². The Morgan fingerprint density at radius 2 is 2.28 bits per heavy atom. The van der Waals surface area contributed by atoms with Gasteiger partial charge in [0.25, 0.3) is 0 Å². The van der Waals surface area contributed by atoms with Crippen molar-refractivity contribution in [1.82, 2.24) is 15.0 Å². The molecule has 5 nitrogen and oxygen atoms in total. The molecule has 2 rings (SSSR count). The van der Waals surface area contributed by atoms with Crippen LogP contribution in [0, 0.1) is 13.8 Å². The van der Waals surface area contributed by atoms with E-state index in [0.717, 1.165) is 35.9 Å². The van der Waals surface area contributed by atoms with Crippen LogP contribution < -0.4 is 11.3 Å². The number of aromatic nitrogens is 2. The number of nitrogens with zero attached hydrogens (tertiary/aromatic N) is 2. The lowest BCUT2D eigenvalue weighted by Gasteiger charge is -2.16. The standard InChI is InChI=1S/C13H20N4O/c1-4-6-17-7-5-15-13(17)12(16-14)11-8-9(2)18-10(11)3/h5,7-8,12,16H,4,6,14H2,1-3H3. The van der Waals surface area contributed by atoms with E-state index in [2.05, 4.69) is 21.9 Å². The van der Waals surface area contributed by atoms with Gasteiger partial charge in [-0.15, -0.1) is 0 Å². The first-order valence-electron chi connectivity index (χ1n) is 6.21. The van der Waals surface area contributed by atoms with E-state index in [0.29, 0.717) is 0 Å². The Labute approximate surface area is 107 Å². The highest BCUT2D eigenvalue weighted by atomic mass is 16.3. The summed E-state index contributed by atoms with van der Waals surface area (Å²) in [7, 11) is 0. The highest BCUT2D eigenvalue weighted by molar-refractivity contribution is 5.29. The molecule has 18 heavy (non-hydrogen) atoms. The Morgan fingerprint density at radius 3 is 2.83 bits per heavy atom. The maximum atomic E-state index is 5.69. The fraction of sp³-hybridized carbons (Fsp3) is 0.462. The summed E-state index contributed by atoms with van der Waals surface area (Å²) in [6.45, 7) is 6.95. The topological polar surface area (TPSA) is 69.0 Å². The molecule has 0 fully saturated rings. The van der Waals surface area contributed by atoms with Gasteiger partial charge >= 0.3 is 0 Å². The average molecular weight is 248 g/mol. The number of rotatable bonds is 5. The van der Waals surface area contributed by atoms with Gasteiger partial charge in [0.15, 0.2) is 0 Å². The van der Waals surface area contributed by atoms with Crippen LogP contribution in [0.5, 0.6) is 0 Å². The lowest BCUT2D eigenvalue weighted by molar-refractivity contribution is 0.487. The van der Waals surface area contributed by atoms with Gasteiger partial charge in [0.2, 0.25) is 0 Å². The van der Waals surface area contributed by atoms with Gasteiger partial charge in [-0.05, 0) is 26.3 Å². The fourth-order valence-corrected chi connectivity index (χ4v) is 2.25. The molecule has 0 aliphatic carbocycles. The Balaban J connectivity index is 2.39. The molecule has 1 atom stereocenters. The van der Waals surface area contributed by atoms with Crippen LogP contribution in [-0.4, -0.2) is 9.55 Å². The SMILES string of the molecule is CCCn1ccnc1C(NN)c1cc(C)oc1C. The molecule has 0 aromatic carbocycles. The number of furan rings is 1. The van der Waals surface area contributed by atoms with Crippen LogP contribution in [0.3, 0.4) is 0 Å². The van der Waals surface area contributed by atoms with Gasteiger partial charge in [-0.3, -0.25) is 5.84 Å². The smallest absolute Gasteiger partial charge is 0.131 e. The number of imidazole rings is 1. The zero-order valence-electron chi connectivity index (χ0n) is 11.1. The molecule has 0 saturated carbocycles. The van der Waals surface area contributed by atoms with Crippen LogP contribution in [0.25, 0.3) is 0 Å². The van der Waals surface area contributed by atoms with Crippen molar-refractivity contribution in [2.45, 2.75) is 39.8 Å². The van der Waals surface area contributed by atoms with Crippen molar-refractivity contribution in [1.29, 1.82) is 0 Å². The minimum Gasteiger partial charge on any atom is -0.466 e. The summed E-state index contributed by atoms with van der Waals surface area (Å²) in [5, 5.41) is 0. The van der Waals surface area contributed by atoms with E-state index in [4.69, 9.17) is 10.3 Å². The zero-order valence-corrected chi connectivity index (χ0v) is 11.1. The third-order valence-electron chi connectivity index (χ3n) is 3.03. The Bertz CT molecular complexity index is 515. The third-order valence-corrected chi connectivity index (χ3v) is 3.03. The summed E-state index contributed by atoms with van der Waals surface area (Å²) >= 11 is 0. The average Bonchev–Trinajstić information content (AvgIpc) is 2.89. The summed E-state index contributed by atoms with van der Waals surface area (Å²) in [4.78, 5) is 4.41. The predicted molar refractivity (Wildman–Crippen MR) is 69.9 cm³/mol. The van der Waals surface area contributed by atoms with E-state index in [1.165, 1.54) is 0 Å². The van der Waals surface area contributed by atoms with Gasteiger partial charge in [-0.2, -0.15) is 0 Å². The molecular weight excluding hydrogens is 228 g/mol. The molecule has 3 N–H and O–H groups in total. The second-order valence-corrected chi connectivity index (χ2v) is 4.45. The highest BCUT2D eigenvalue weighted by Gasteiger charge is 2.21. The molecule has 2 aromatic heterocycles. The lowest BCUT2D eigenvalue weighted by Crippen LogP contribution is -2.31. The van der Waals surface area contributed by atoms with Crippen molar-refractivity contribution in [3.63, 3.8) is 0 Å². The van der Waals surface area contributed by atoms with Gasteiger partial charge in [0.05, 0.1) is 0 Å². The quantitative estimate of drug-likeness (QED) is 0.627. The van der Waals surface area contributed by atoms with E-state index in [1.54, 1.807) is 6.20 Å². The molecule has 2 heterocycles. The van der Waals surface area contributed by atoms with Crippen molar-refractivity contribution >= 4 is 0 Å². The minimum atomic E-state index is -0.135. The number of hydrogen-bond donors (Lipinski definition) is 2. The summed E-state index contributed by atoms with van der Waals surface area (Å²) in [5.41, 5.74) is 3.87. The monoisotopic (exact) mass is 248 g/mol. The van der Waals surface area contributed by atoms with E-state index >= 15 is 0 Å². The maximum Gasteiger partial charge on any atom is 0.131 e. The third kappa shape index (κ3) is 2.32. The molecular formula is C13H20N4O. The van der Waals surface area contributed by atoms with Gasteiger partial charge in [0.1, 0.15) is 23.4 Å². The van der Waals surface area contributed by atoms with Crippen molar-refractivity contribution < 1.29 is 4.42 Å². The number of hydrazine groups is 1. The van der Waals surface area contributed by atoms with Gasteiger partial charge in [0, 0.05) is 24.5 Å². The molecule has 0 aliphatic rings. The maximum absolute atomic E-state index is 5.69. The van der Waals surface area contributed by atoms with Crippen molar-refractivity contribution in [2.75, 3.05) is 0 Å². The number of nitrogens with two attached hydrogens (primary N) is 1. The Morgan fingerprint density at radius 1 is 1.50 bits per heavy atom. The molecule has 0 aliphatic heterocycles.